The maximum absolute atomic E-state index is 6.27. The molecule has 1 aliphatic rings. The SMILES string of the molecule is Clc1cnc2[n-]ccc2c1NC1CCCCCC1. The lowest BCUT2D eigenvalue weighted by molar-refractivity contribution is 0.620. The lowest BCUT2D eigenvalue weighted by atomic mass is 10.1. The van der Waals surface area contributed by atoms with Crippen LogP contribution < -0.4 is 10.3 Å². The van der Waals surface area contributed by atoms with E-state index < -0.39 is 0 Å². The first-order chi connectivity index (χ1) is 8.84. The van der Waals surface area contributed by atoms with Gasteiger partial charge in [0.05, 0.1) is 10.7 Å². The van der Waals surface area contributed by atoms with Gasteiger partial charge in [0.15, 0.2) is 0 Å². The Morgan fingerprint density at radius 1 is 1.22 bits per heavy atom. The van der Waals surface area contributed by atoms with Gasteiger partial charge in [-0.15, -0.1) is 0 Å². The van der Waals surface area contributed by atoms with E-state index in [-0.39, 0.29) is 0 Å². The molecule has 0 aliphatic heterocycles. The van der Waals surface area contributed by atoms with E-state index in [0.29, 0.717) is 11.1 Å². The van der Waals surface area contributed by atoms with Crippen LogP contribution in [0.25, 0.3) is 11.0 Å². The van der Waals surface area contributed by atoms with E-state index in [0.717, 1.165) is 16.7 Å². The van der Waals surface area contributed by atoms with Crippen molar-refractivity contribution in [1.82, 2.24) is 9.97 Å². The summed E-state index contributed by atoms with van der Waals surface area (Å²) in [7, 11) is 0. The van der Waals surface area contributed by atoms with Crippen molar-refractivity contribution in [3.8, 4) is 0 Å². The highest BCUT2D eigenvalue weighted by atomic mass is 35.5. The summed E-state index contributed by atoms with van der Waals surface area (Å²) in [6, 6.07) is 2.51. The molecule has 96 valence electrons. The van der Waals surface area contributed by atoms with Crippen LogP contribution in [0.3, 0.4) is 0 Å². The molecule has 0 spiro atoms. The minimum absolute atomic E-state index is 0.533. The van der Waals surface area contributed by atoms with E-state index in [9.17, 15) is 0 Å². The van der Waals surface area contributed by atoms with Crippen molar-refractivity contribution in [2.24, 2.45) is 0 Å². The third-order valence-electron chi connectivity index (χ3n) is 3.69. The zero-order valence-corrected chi connectivity index (χ0v) is 11.1. The maximum atomic E-state index is 6.27. The van der Waals surface area contributed by atoms with Crippen LogP contribution >= 0.6 is 11.6 Å². The summed E-state index contributed by atoms with van der Waals surface area (Å²) in [5.74, 6) is 0. The predicted octanol–water partition coefficient (Wildman–Crippen LogP) is 3.98. The molecular weight excluding hydrogens is 246 g/mol. The average Bonchev–Trinajstić information content (AvgIpc) is 2.70. The zero-order valence-electron chi connectivity index (χ0n) is 10.3. The molecule has 3 rings (SSSR count). The highest BCUT2D eigenvalue weighted by Crippen LogP contribution is 2.31. The molecule has 0 radical (unpaired) electrons. The molecule has 0 aromatic carbocycles. The summed E-state index contributed by atoms with van der Waals surface area (Å²) in [5.41, 5.74) is 1.78. The number of nitrogens with zero attached hydrogens (tertiary/aromatic N) is 2. The Balaban J connectivity index is 1.88. The van der Waals surface area contributed by atoms with Gasteiger partial charge in [-0.2, -0.15) is 0 Å². The van der Waals surface area contributed by atoms with Gasteiger partial charge in [-0.3, -0.25) is 0 Å². The molecular formula is C14H17ClN3-. The zero-order chi connectivity index (χ0) is 12.4. The molecule has 1 aliphatic carbocycles. The topological polar surface area (TPSA) is 39.0 Å². The quantitative estimate of drug-likeness (QED) is 0.832. The third-order valence-corrected chi connectivity index (χ3v) is 3.98. The molecule has 0 unspecified atom stereocenters. The van der Waals surface area contributed by atoms with Gasteiger partial charge in [-0.25, -0.2) is 0 Å². The Bertz CT molecular complexity index is 527. The first-order valence-corrected chi connectivity index (χ1v) is 7.05. The summed E-state index contributed by atoms with van der Waals surface area (Å²) in [6.45, 7) is 0. The van der Waals surface area contributed by atoms with Gasteiger partial charge in [0.1, 0.15) is 0 Å². The molecule has 18 heavy (non-hydrogen) atoms. The summed E-state index contributed by atoms with van der Waals surface area (Å²) in [6.07, 6.45) is 11.3. The molecule has 0 atom stereocenters. The number of pyridine rings is 1. The van der Waals surface area contributed by atoms with Crippen LogP contribution in [0, 0.1) is 0 Å². The molecule has 4 heteroatoms. The lowest BCUT2D eigenvalue weighted by Gasteiger charge is -2.20. The first kappa shape index (κ1) is 11.8. The molecule has 2 aromatic heterocycles. The van der Waals surface area contributed by atoms with Crippen molar-refractivity contribution in [1.29, 1.82) is 0 Å². The van der Waals surface area contributed by atoms with Gasteiger partial charge < -0.3 is 15.3 Å². The number of nitrogens with one attached hydrogen (secondary N) is 1. The molecule has 0 amide bonds. The van der Waals surface area contributed by atoms with Crippen LogP contribution in [0.4, 0.5) is 5.69 Å². The molecule has 3 nitrogen and oxygen atoms in total. The highest BCUT2D eigenvalue weighted by molar-refractivity contribution is 6.34. The molecule has 1 N–H and O–H groups in total. The number of hydrogen-bond acceptors (Lipinski definition) is 2. The number of anilines is 1. The molecule has 2 aromatic rings. The van der Waals surface area contributed by atoms with Crippen molar-refractivity contribution in [3.05, 3.63) is 23.5 Å². The van der Waals surface area contributed by atoms with Crippen LogP contribution in [-0.4, -0.2) is 11.0 Å². The fourth-order valence-electron chi connectivity index (χ4n) is 2.71. The van der Waals surface area contributed by atoms with E-state index in [1.807, 2.05) is 6.07 Å². The van der Waals surface area contributed by atoms with Gasteiger partial charge in [-0.1, -0.05) is 55.7 Å². The monoisotopic (exact) mass is 262 g/mol. The van der Waals surface area contributed by atoms with Crippen LogP contribution in [0.5, 0.6) is 0 Å². The van der Waals surface area contributed by atoms with Crippen LogP contribution in [0.2, 0.25) is 5.02 Å². The van der Waals surface area contributed by atoms with Crippen LogP contribution in [-0.2, 0) is 0 Å². The van der Waals surface area contributed by atoms with Crippen LogP contribution in [0.15, 0.2) is 18.5 Å². The van der Waals surface area contributed by atoms with Gasteiger partial charge in [0.2, 0.25) is 0 Å². The van der Waals surface area contributed by atoms with E-state index in [1.165, 1.54) is 38.5 Å². The molecule has 0 bridgehead atoms. The summed E-state index contributed by atoms with van der Waals surface area (Å²) in [5, 5.41) is 5.33. The summed E-state index contributed by atoms with van der Waals surface area (Å²) in [4.78, 5) is 8.45. The fraction of sp³-hybridized carbons (Fsp3) is 0.500. The normalized spacial score (nSPS) is 17.8. The number of fused-ring (bicyclic) bond motifs is 1. The molecule has 0 saturated heterocycles. The average molecular weight is 263 g/mol. The minimum atomic E-state index is 0.533. The Morgan fingerprint density at radius 2 is 2.00 bits per heavy atom. The van der Waals surface area contributed by atoms with Gasteiger partial charge in [0.25, 0.3) is 0 Å². The fourth-order valence-corrected chi connectivity index (χ4v) is 2.92. The Kier molecular flexibility index (Phi) is 3.41. The van der Waals surface area contributed by atoms with E-state index in [4.69, 9.17) is 11.6 Å². The van der Waals surface area contributed by atoms with Crippen LogP contribution in [0.1, 0.15) is 38.5 Å². The Labute approximate surface area is 112 Å². The number of rotatable bonds is 2. The van der Waals surface area contributed by atoms with Crippen molar-refractivity contribution >= 4 is 28.3 Å². The van der Waals surface area contributed by atoms with Crippen molar-refractivity contribution in [3.63, 3.8) is 0 Å². The number of aromatic nitrogens is 2. The summed E-state index contributed by atoms with van der Waals surface area (Å²) < 4.78 is 0. The van der Waals surface area contributed by atoms with E-state index >= 15 is 0 Å². The molecule has 2 heterocycles. The molecule has 1 saturated carbocycles. The van der Waals surface area contributed by atoms with E-state index in [1.54, 1.807) is 12.4 Å². The smallest absolute Gasteiger partial charge is 0.0602 e. The van der Waals surface area contributed by atoms with Crippen molar-refractivity contribution < 1.29 is 0 Å². The van der Waals surface area contributed by atoms with Gasteiger partial charge in [0, 0.05) is 6.04 Å². The Morgan fingerprint density at radius 3 is 2.78 bits per heavy atom. The second kappa shape index (κ2) is 5.19. The van der Waals surface area contributed by atoms with Crippen molar-refractivity contribution in [2.45, 2.75) is 44.6 Å². The third kappa shape index (κ3) is 2.32. The lowest BCUT2D eigenvalue weighted by Crippen LogP contribution is -2.18. The largest absolute Gasteiger partial charge is 0.442 e. The standard InChI is InChI=1S/C14H17ClN3/c15-12-9-17-14-11(7-8-16-14)13(12)18-10-5-3-1-2-4-6-10/h7-10H,1-6H2,(H-,16,17,18)/q-1. The second-order valence-electron chi connectivity index (χ2n) is 5.00. The Hall–Kier alpha value is -1.22. The maximum Gasteiger partial charge on any atom is 0.0602 e. The van der Waals surface area contributed by atoms with Gasteiger partial charge in [-0.05, 0) is 23.9 Å². The number of halogens is 1. The molecule has 1 fully saturated rings. The van der Waals surface area contributed by atoms with E-state index in [2.05, 4.69) is 15.3 Å². The summed E-state index contributed by atoms with van der Waals surface area (Å²) >= 11 is 6.27. The predicted molar refractivity (Wildman–Crippen MR) is 75.2 cm³/mol. The van der Waals surface area contributed by atoms with Crippen molar-refractivity contribution in [2.75, 3.05) is 5.32 Å². The first-order valence-electron chi connectivity index (χ1n) is 6.67. The second-order valence-corrected chi connectivity index (χ2v) is 5.40. The highest BCUT2D eigenvalue weighted by Gasteiger charge is 2.14. The number of hydrogen-bond donors (Lipinski definition) is 1. The van der Waals surface area contributed by atoms with Gasteiger partial charge >= 0.3 is 0 Å². The minimum Gasteiger partial charge on any atom is -0.442 e.